The highest BCUT2D eigenvalue weighted by Crippen LogP contribution is 2.35. The highest BCUT2D eigenvalue weighted by Gasteiger charge is 2.44. The Morgan fingerprint density at radius 1 is 1.29 bits per heavy atom. The fourth-order valence-corrected chi connectivity index (χ4v) is 2.84. The summed E-state index contributed by atoms with van der Waals surface area (Å²) in [4.78, 5) is 13.6. The summed E-state index contributed by atoms with van der Waals surface area (Å²) in [6, 6.07) is 3.02. The van der Waals surface area contributed by atoms with E-state index in [0.29, 0.717) is 18.8 Å². The lowest BCUT2D eigenvalue weighted by atomic mass is 10.1. The van der Waals surface area contributed by atoms with Crippen molar-refractivity contribution in [2.24, 2.45) is 0 Å². The van der Waals surface area contributed by atoms with Gasteiger partial charge in [0.1, 0.15) is 6.04 Å². The van der Waals surface area contributed by atoms with Crippen LogP contribution in [-0.2, 0) is 0 Å². The molecule has 9 heteroatoms. The number of nitrogens with one attached hydrogen (secondary N) is 2. The Morgan fingerprint density at radius 2 is 2.04 bits per heavy atom. The Morgan fingerprint density at radius 3 is 2.75 bits per heavy atom. The van der Waals surface area contributed by atoms with E-state index in [4.69, 9.17) is 9.47 Å². The Hall–Kier alpha value is -2.00. The quantitative estimate of drug-likeness (QED) is 0.852. The third-order valence-electron chi connectivity index (χ3n) is 4.07. The number of alkyl halides is 3. The van der Waals surface area contributed by atoms with Gasteiger partial charge in [0.15, 0.2) is 11.5 Å². The van der Waals surface area contributed by atoms with Crippen LogP contribution in [0.25, 0.3) is 0 Å². The van der Waals surface area contributed by atoms with Crippen LogP contribution < -0.4 is 20.1 Å². The Bertz CT molecular complexity index is 603. The van der Waals surface area contributed by atoms with Crippen molar-refractivity contribution in [2.45, 2.75) is 12.2 Å². The van der Waals surface area contributed by atoms with E-state index in [1.807, 2.05) is 0 Å². The van der Waals surface area contributed by atoms with Crippen molar-refractivity contribution in [2.75, 3.05) is 39.5 Å². The maximum atomic E-state index is 13.3. The highest BCUT2D eigenvalue weighted by atomic mass is 19.4. The second kappa shape index (κ2) is 6.86. The number of carbonyl (C=O) groups is 1. The molecule has 1 fully saturated rings. The molecule has 0 spiro atoms. The fourth-order valence-electron chi connectivity index (χ4n) is 2.84. The van der Waals surface area contributed by atoms with Crippen molar-refractivity contribution in [1.82, 2.24) is 15.5 Å². The number of carbonyl (C=O) groups excluding carboxylic acids is 1. The molecule has 6 nitrogen and oxygen atoms in total. The number of hydrogen-bond donors (Lipinski definition) is 2. The summed E-state index contributed by atoms with van der Waals surface area (Å²) in [6.45, 7) is 1.06. The number of benzene rings is 1. The Labute approximate surface area is 136 Å². The zero-order valence-electron chi connectivity index (χ0n) is 12.9. The molecule has 2 heterocycles. The van der Waals surface area contributed by atoms with Gasteiger partial charge in [-0.3, -0.25) is 9.69 Å². The molecule has 2 aliphatic rings. The van der Waals surface area contributed by atoms with E-state index in [0.717, 1.165) is 0 Å². The molecule has 0 saturated carbocycles. The maximum absolute atomic E-state index is 13.3. The first-order chi connectivity index (χ1) is 11.5. The molecule has 3 rings (SSSR count). The van der Waals surface area contributed by atoms with E-state index in [9.17, 15) is 18.0 Å². The van der Waals surface area contributed by atoms with Crippen LogP contribution in [0.5, 0.6) is 11.5 Å². The zero-order chi connectivity index (χ0) is 17.2. The fraction of sp³-hybridized carbons (Fsp3) is 0.533. The molecular weight excluding hydrogens is 327 g/mol. The van der Waals surface area contributed by atoms with Crippen LogP contribution in [0.15, 0.2) is 18.2 Å². The van der Waals surface area contributed by atoms with Crippen molar-refractivity contribution in [1.29, 1.82) is 0 Å². The van der Waals surface area contributed by atoms with Crippen LogP contribution in [-0.4, -0.2) is 62.5 Å². The predicted octanol–water partition coefficient (Wildman–Crippen LogP) is 0.981. The first-order valence-corrected chi connectivity index (χ1v) is 7.65. The summed E-state index contributed by atoms with van der Waals surface area (Å²) in [5.41, 5.74) is 0.172. The summed E-state index contributed by atoms with van der Waals surface area (Å²) >= 11 is 0. The monoisotopic (exact) mass is 345 g/mol. The Balaban J connectivity index is 1.68. The van der Waals surface area contributed by atoms with Crippen molar-refractivity contribution >= 4 is 5.91 Å². The molecule has 1 unspecified atom stereocenters. The summed E-state index contributed by atoms with van der Waals surface area (Å²) in [6.07, 6.45) is -4.41. The largest absolute Gasteiger partial charge is 0.454 e. The van der Waals surface area contributed by atoms with Crippen molar-refractivity contribution < 1.29 is 27.4 Å². The van der Waals surface area contributed by atoms with Gasteiger partial charge in [-0.25, -0.2) is 0 Å². The molecule has 0 bridgehead atoms. The molecule has 132 valence electrons. The van der Waals surface area contributed by atoms with Crippen LogP contribution >= 0.6 is 0 Å². The number of nitrogens with zero attached hydrogens (tertiary/aromatic N) is 1. The number of amides is 1. The van der Waals surface area contributed by atoms with E-state index >= 15 is 0 Å². The molecular formula is C15H18F3N3O3. The molecule has 24 heavy (non-hydrogen) atoms. The minimum atomic E-state index is -4.41. The van der Waals surface area contributed by atoms with Crippen LogP contribution in [0.3, 0.4) is 0 Å². The minimum Gasteiger partial charge on any atom is -0.454 e. The summed E-state index contributed by atoms with van der Waals surface area (Å²) in [5.74, 6) is 0.0691. The standard InChI is InChI=1S/C15H18F3N3O3/c16-15(17,18)12(21-6-4-19-5-7-21)8-20-14(22)10-2-1-3-11-13(10)24-9-23-11/h1-3,12,19H,4-9H2,(H,20,22). The first-order valence-electron chi connectivity index (χ1n) is 7.65. The van der Waals surface area contributed by atoms with E-state index in [1.165, 1.54) is 11.0 Å². The lowest BCUT2D eigenvalue weighted by molar-refractivity contribution is -0.183. The topological polar surface area (TPSA) is 62.8 Å². The maximum Gasteiger partial charge on any atom is 0.405 e. The normalized spacial score (nSPS) is 19.1. The van der Waals surface area contributed by atoms with Crippen LogP contribution in [0, 0.1) is 0 Å². The second-order valence-corrected chi connectivity index (χ2v) is 5.59. The lowest BCUT2D eigenvalue weighted by Crippen LogP contribution is -2.57. The van der Waals surface area contributed by atoms with Crippen LogP contribution in [0.4, 0.5) is 13.2 Å². The molecule has 0 aromatic heterocycles. The van der Waals surface area contributed by atoms with Gasteiger partial charge in [-0.2, -0.15) is 13.2 Å². The van der Waals surface area contributed by atoms with Crippen LogP contribution in [0.1, 0.15) is 10.4 Å². The number of fused-ring (bicyclic) bond motifs is 1. The molecule has 1 amide bonds. The number of hydrogen-bond acceptors (Lipinski definition) is 5. The molecule has 2 aliphatic heterocycles. The molecule has 0 aliphatic carbocycles. The van der Waals surface area contributed by atoms with Gasteiger partial charge in [0.05, 0.1) is 5.56 Å². The second-order valence-electron chi connectivity index (χ2n) is 5.59. The van der Waals surface area contributed by atoms with Crippen LogP contribution in [0.2, 0.25) is 0 Å². The van der Waals surface area contributed by atoms with Gasteiger partial charge in [0.2, 0.25) is 6.79 Å². The third-order valence-corrected chi connectivity index (χ3v) is 4.07. The predicted molar refractivity (Wildman–Crippen MR) is 79.2 cm³/mol. The van der Waals surface area contributed by atoms with Gasteiger partial charge in [-0.1, -0.05) is 6.07 Å². The van der Waals surface area contributed by atoms with E-state index < -0.39 is 24.7 Å². The molecule has 1 aromatic carbocycles. The Kier molecular flexibility index (Phi) is 4.81. The number of piperazine rings is 1. The number of halogens is 3. The van der Waals surface area contributed by atoms with Crippen molar-refractivity contribution in [3.63, 3.8) is 0 Å². The minimum absolute atomic E-state index is 0.00835. The van der Waals surface area contributed by atoms with Gasteiger partial charge in [-0.05, 0) is 12.1 Å². The molecule has 1 atom stereocenters. The summed E-state index contributed by atoms with van der Waals surface area (Å²) in [7, 11) is 0. The van der Waals surface area contributed by atoms with Crippen molar-refractivity contribution in [3.05, 3.63) is 23.8 Å². The molecule has 0 radical (unpaired) electrons. The zero-order valence-corrected chi connectivity index (χ0v) is 12.9. The van der Waals surface area contributed by atoms with E-state index in [-0.39, 0.29) is 31.2 Å². The van der Waals surface area contributed by atoms with E-state index in [2.05, 4.69) is 10.6 Å². The summed E-state index contributed by atoms with van der Waals surface area (Å²) in [5, 5.41) is 5.39. The molecule has 2 N–H and O–H groups in total. The first kappa shape index (κ1) is 16.8. The van der Waals surface area contributed by atoms with Gasteiger partial charge in [-0.15, -0.1) is 0 Å². The average Bonchev–Trinajstić information content (AvgIpc) is 3.03. The van der Waals surface area contributed by atoms with Gasteiger partial charge >= 0.3 is 6.18 Å². The van der Waals surface area contributed by atoms with Gasteiger partial charge < -0.3 is 20.1 Å². The van der Waals surface area contributed by atoms with Crippen molar-refractivity contribution in [3.8, 4) is 11.5 Å². The lowest BCUT2D eigenvalue weighted by Gasteiger charge is -2.35. The molecule has 1 aromatic rings. The van der Waals surface area contributed by atoms with Gasteiger partial charge in [0.25, 0.3) is 5.91 Å². The molecule has 1 saturated heterocycles. The number of rotatable bonds is 4. The van der Waals surface area contributed by atoms with E-state index in [1.54, 1.807) is 12.1 Å². The third kappa shape index (κ3) is 3.57. The smallest absolute Gasteiger partial charge is 0.405 e. The highest BCUT2D eigenvalue weighted by molar-refractivity contribution is 5.97. The summed E-state index contributed by atoms with van der Waals surface area (Å²) < 4.78 is 50.3. The van der Waals surface area contributed by atoms with Gasteiger partial charge in [0, 0.05) is 32.7 Å². The number of para-hydroxylation sites is 1. The SMILES string of the molecule is O=C(NCC(N1CCNCC1)C(F)(F)F)c1cccc2c1OCO2. The number of ether oxygens (including phenoxy) is 2. The average molecular weight is 345 g/mol.